The van der Waals surface area contributed by atoms with E-state index in [1.165, 1.54) is 10.7 Å². The van der Waals surface area contributed by atoms with Crippen LogP contribution in [0.3, 0.4) is 0 Å². The lowest BCUT2D eigenvalue weighted by molar-refractivity contribution is -0.133. The highest BCUT2D eigenvalue weighted by Crippen LogP contribution is 2.32. The first-order valence-electron chi connectivity index (χ1n) is 8.02. The fraction of sp³-hybridized carbons (Fsp3) is 0.294. The Morgan fingerprint density at radius 1 is 1.26 bits per heavy atom. The summed E-state index contributed by atoms with van der Waals surface area (Å²) >= 11 is 11.9. The van der Waals surface area contributed by atoms with E-state index < -0.39 is 29.9 Å². The van der Waals surface area contributed by atoms with E-state index in [1.807, 2.05) is 0 Å². The number of amides is 4. The van der Waals surface area contributed by atoms with Crippen LogP contribution in [-0.4, -0.2) is 39.1 Å². The number of benzene rings is 1. The Labute approximate surface area is 165 Å². The van der Waals surface area contributed by atoms with Crippen molar-refractivity contribution in [2.45, 2.75) is 19.4 Å². The first kappa shape index (κ1) is 19.2. The highest BCUT2D eigenvalue weighted by Gasteiger charge is 2.49. The summed E-state index contributed by atoms with van der Waals surface area (Å²) in [5.74, 6) is -0.598. The Kier molecular flexibility index (Phi) is 4.88. The van der Waals surface area contributed by atoms with E-state index in [-0.39, 0.29) is 5.02 Å². The molecule has 1 aliphatic rings. The summed E-state index contributed by atoms with van der Waals surface area (Å²) < 4.78 is 1.50. The number of urea groups is 1. The molecule has 0 bridgehead atoms. The third-order valence-corrected chi connectivity index (χ3v) is 5.08. The predicted molar refractivity (Wildman–Crippen MR) is 101 cm³/mol. The number of rotatable bonds is 4. The number of carbonyl (C=O) groups is 3. The number of nitrogens with one attached hydrogen (secondary N) is 2. The fourth-order valence-corrected chi connectivity index (χ4v) is 3.20. The smallest absolute Gasteiger partial charge is 0.319 e. The van der Waals surface area contributed by atoms with Crippen molar-refractivity contribution < 1.29 is 14.4 Å². The highest BCUT2D eigenvalue weighted by atomic mass is 35.5. The Bertz CT molecular complexity index is 958. The molecule has 1 aliphatic heterocycles. The van der Waals surface area contributed by atoms with E-state index in [4.69, 9.17) is 23.2 Å². The second-order valence-corrected chi connectivity index (χ2v) is 7.23. The van der Waals surface area contributed by atoms with Crippen LogP contribution in [0.5, 0.6) is 0 Å². The number of anilines is 1. The molecule has 10 heteroatoms. The van der Waals surface area contributed by atoms with Crippen molar-refractivity contribution in [2.24, 2.45) is 7.05 Å². The minimum absolute atomic E-state index is 0.264. The summed E-state index contributed by atoms with van der Waals surface area (Å²) in [7, 11) is 1.68. The van der Waals surface area contributed by atoms with Gasteiger partial charge in [0.25, 0.3) is 5.91 Å². The van der Waals surface area contributed by atoms with Crippen molar-refractivity contribution in [3.63, 3.8) is 0 Å². The number of hydrogen-bond acceptors (Lipinski definition) is 4. The molecule has 0 spiro atoms. The van der Waals surface area contributed by atoms with Gasteiger partial charge in [-0.1, -0.05) is 29.3 Å². The van der Waals surface area contributed by atoms with Crippen LogP contribution in [0.15, 0.2) is 24.3 Å². The molecular formula is C17H17Cl2N5O3. The van der Waals surface area contributed by atoms with Gasteiger partial charge in [-0.25, -0.2) is 4.79 Å². The van der Waals surface area contributed by atoms with Gasteiger partial charge in [-0.2, -0.15) is 5.10 Å². The van der Waals surface area contributed by atoms with Crippen LogP contribution in [0.4, 0.5) is 10.6 Å². The summed E-state index contributed by atoms with van der Waals surface area (Å²) in [4.78, 5) is 38.3. The van der Waals surface area contributed by atoms with Crippen molar-refractivity contribution in [3.05, 3.63) is 45.6 Å². The van der Waals surface area contributed by atoms with Gasteiger partial charge in [-0.05, 0) is 31.5 Å². The topological polar surface area (TPSA) is 96.3 Å². The van der Waals surface area contributed by atoms with Gasteiger partial charge in [0.05, 0.1) is 15.7 Å². The monoisotopic (exact) mass is 409 g/mol. The molecule has 3 rings (SSSR count). The van der Waals surface area contributed by atoms with E-state index in [1.54, 1.807) is 39.1 Å². The maximum atomic E-state index is 12.9. The molecule has 1 aromatic heterocycles. The Morgan fingerprint density at radius 2 is 1.96 bits per heavy atom. The van der Waals surface area contributed by atoms with Crippen molar-refractivity contribution >= 4 is 46.9 Å². The van der Waals surface area contributed by atoms with Gasteiger partial charge in [0, 0.05) is 13.1 Å². The summed E-state index contributed by atoms with van der Waals surface area (Å²) in [6.07, 6.45) is 0. The van der Waals surface area contributed by atoms with E-state index in [0.717, 1.165) is 10.6 Å². The molecule has 0 saturated carbocycles. The number of halogens is 2. The molecule has 1 atom stereocenters. The van der Waals surface area contributed by atoms with Gasteiger partial charge in [0.15, 0.2) is 0 Å². The lowest BCUT2D eigenvalue weighted by Gasteiger charge is -2.22. The molecule has 0 radical (unpaired) electrons. The molecule has 1 saturated heterocycles. The highest BCUT2D eigenvalue weighted by molar-refractivity contribution is 6.42. The first-order valence-corrected chi connectivity index (χ1v) is 8.77. The Balaban J connectivity index is 1.78. The molecule has 1 unspecified atom stereocenters. The summed E-state index contributed by atoms with van der Waals surface area (Å²) in [6.45, 7) is 2.91. The lowest BCUT2D eigenvalue weighted by atomic mass is 9.92. The van der Waals surface area contributed by atoms with Crippen LogP contribution in [0.25, 0.3) is 0 Å². The summed E-state index contributed by atoms with van der Waals surface area (Å²) in [6, 6.07) is 5.69. The third kappa shape index (κ3) is 3.50. The second-order valence-electron chi connectivity index (χ2n) is 6.42. The zero-order valence-corrected chi connectivity index (χ0v) is 16.4. The predicted octanol–water partition coefficient (Wildman–Crippen LogP) is 2.44. The molecule has 1 aromatic carbocycles. The van der Waals surface area contributed by atoms with Gasteiger partial charge in [-0.15, -0.1) is 0 Å². The molecule has 2 aromatic rings. The lowest BCUT2D eigenvalue weighted by Crippen LogP contribution is -2.42. The van der Waals surface area contributed by atoms with E-state index in [2.05, 4.69) is 15.7 Å². The standard InChI is InChI=1S/C17H17Cl2N5O3/c1-9-6-13(23(3)22-9)20-14(25)8-24-15(26)17(2,21-16(24)27)10-4-5-11(18)12(19)7-10/h4-7H,8H2,1-3H3,(H,20,25)(H,21,27). The zero-order valence-electron chi connectivity index (χ0n) is 14.8. The molecule has 142 valence electrons. The van der Waals surface area contributed by atoms with E-state index in [0.29, 0.717) is 16.4 Å². The molecule has 2 N–H and O–H groups in total. The quantitative estimate of drug-likeness (QED) is 0.757. The number of carbonyl (C=O) groups excluding carboxylic acids is 3. The van der Waals surface area contributed by atoms with Gasteiger partial charge >= 0.3 is 6.03 Å². The Morgan fingerprint density at radius 3 is 2.56 bits per heavy atom. The number of nitrogens with zero attached hydrogens (tertiary/aromatic N) is 3. The second kappa shape index (κ2) is 6.86. The number of hydrogen-bond donors (Lipinski definition) is 2. The molecule has 1 fully saturated rings. The SMILES string of the molecule is Cc1cc(NC(=O)CN2C(=O)NC(C)(c3ccc(Cl)c(Cl)c3)C2=O)n(C)n1. The third-order valence-electron chi connectivity index (χ3n) is 4.34. The van der Waals surface area contributed by atoms with Gasteiger partial charge in [-0.3, -0.25) is 19.2 Å². The van der Waals surface area contributed by atoms with Gasteiger partial charge in [0.2, 0.25) is 5.91 Å². The van der Waals surface area contributed by atoms with Crippen molar-refractivity contribution in [3.8, 4) is 0 Å². The summed E-state index contributed by atoms with van der Waals surface area (Å²) in [5.41, 5.74) is -0.135. The van der Waals surface area contributed by atoms with Crippen molar-refractivity contribution in [1.82, 2.24) is 20.0 Å². The maximum absolute atomic E-state index is 12.9. The van der Waals surface area contributed by atoms with Gasteiger partial charge in [0.1, 0.15) is 17.9 Å². The zero-order chi connectivity index (χ0) is 19.9. The Hall–Kier alpha value is -2.58. The average Bonchev–Trinajstić information content (AvgIpc) is 3.01. The van der Waals surface area contributed by atoms with Crippen LogP contribution in [-0.2, 0) is 22.2 Å². The maximum Gasteiger partial charge on any atom is 0.325 e. The van der Waals surface area contributed by atoms with Crippen LogP contribution in [0.1, 0.15) is 18.2 Å². The molecule has 27 heavy (non-hydrogen) atoms. The molecular weight excluding hydrogens is 393 g/mol. The first-order chi connectivity index (χ1) is 12.6. The van der Waals surface area contributed by atoms with Gasteiger partial charge < -0.3 is 10.6 Å². The van der Waals surface area contributed by atoms with E-state index >= 15 is 0 Å². The summed E-state index contributed by atoms with van der Waals surface area (Å²) in [5, 5.41) is 9.97. The number of imide groups is 1. The van der Waals surface area contributed by atoms with Crippen LogP contribution < -0.4 is 10.6 Å². The van der Waals surface area contributed by atoms with Crippen molar-refractivity contribution in [1.29, 1.82) is 0 Å². The number of aromatic nitrogens is 2. The minimum atomic E-state index is -1.34. The average molecular weight is 410 g/mol. The van der Waals surface area contributed by atoms with Crippen LogP contribution >= 0.6 is 23.2 Å². The van der Waals surface area contributed by atoms with Crippen molar-refractivity contribution in [2.75, 3.05) is 11.9 Å². The van der Waals surface area contributed by atoms with Crippen LogP contribution in [0.2, 0.25) is 10.0 Å². The normalized spacial score (nSPS) is 19.4. The minimum Gasteiger partial charge on any atom is -0.319 e. The van der Waals surface area contributed by atoms with E-state index in [9.17, 15) is 14.4 Å². The van der Waals surface area contributed by atoms with Crippen LogP contribution in [0, 0.1) is 6.92 Å². The fourth-order valence-electron chi connectivity index (χ4n) is 2.90. The molecule has 2 heterocycles. The molecule has 8 nitrogen and oxygen atoms in total. The largest absolute Gasteiger partial charge is 0.325 e. The number of aryl methyl sites for hydroxylation is 2. The molecule has 4 amide bonds. The molecule has 0 aliphatic carbocycles.